The normalized spacial score (nSPS) is 20.0. The fourth-order valence-corrected chi connectivity index (χ4v) is 4.20. The summed E-state index contributed by atoms with van der Waals surface area (Å²) < 4.78 is 63.7. The van der Waals surface area contributed by atoms with E-state index in [0.717, 1.165) is 29.3 Å². The largest absolute Gasteiger partial charge is 0.504 e. The minimum absolute atomic E-state index is 0.115. The fourth-order valence-electron chi connectivity index (χ4n) is 2.78. The van der Waals surface area contributed by atoms with Gasteiger partial charge in [-0.1, -0.05) is 17.7 Å². The van der Waals surface area contributed by atoms with Gasteiger partial charge >= 0.3 is 0 Å². The van der Waals surface area contributed by atoms with Gasteiger partial charge in [0.05, 0.1) is 16.6 Å². The lowest BCUT2D eigenvalue weighted by Gasteiger charge is -2.16. The Balaban J connectivity index is 1.92. The Morgan fingerprint density at radius 2 is 1.77 bits per heavy atom. The number of carbonyl (C=O) groups excluding carboxylic acids is 1. The first-order valence-electron chi connectivity index (χ1n) is 8.37. The Hall–Kier alpha value is -2.62. The zero-order valence-electron chi connectivity index (χ0n) is 15.5. The highest BCUT2D eigenvalue weighted by molar-refractivity contribution is 7.86. The predicted molar refractivity (Wildman–Crippen MR) is 108 cm³/mol. The lowest BCUT2D eigenvalue weighted by atomic mass is 10.2. The van der Waals surface area contributed by atoms with Crippen LogP contribution in [0.4, 0.5) is 11.4 Å². The van der Waals surface area contributed by atoms with Crippen LogP contribution in [-0.4, -0.2) is 49.0 Å². The van der Waals surface area contributed by atoms with E-state index in [1.165, 1.54) is 12.1 Å². The van der Waals surface area contributed by atoms with E-state index in [0.29, 0.717) is 0 Å². The summed E-state index contributed by atoms with van der Waals surface area (Å²) in [6.45, 7) is 1.58. The van der Waals surface area contributed by atoms with Crippen molar-refractivity contribution in [2.75, 3.05) is 5.01 Å². The number of halogens is 1. The van der Waals surface area contributed by atoms with Gasteiger partial charge in [0.1, 0.15) is 10.6 Å². The van der Waals surface area contributed by atoms with Gasteiger partial charge in [0.2, 0.25) is 0 Å². The Morgan fingerprint density at radius 3 is 2.39 bits per heavy atom. The van der Waals surface area contributed by atoms with Crippen LogP contribution in [0.1, 0.15) is 6.92 Å². The van der Waals surface area contributed by atoms with Crippen molar-refractivity contribution in [3.63, 3.8) is 0 Å². The molecule has 1 aliphatic heterocycles. The molecule has 0 saturated carbocycles. The van der Waals surface area contributed by atoms with Crippen molar-refractivity contribution in [2.45, 2.75) is 28.8 Å². The molecule has 1 fully saturated rings. The van der Waals surface area contributed by atoms with Crippen LogP contribution in [0.2, 0.25) is 5.02 Å². The Kier molecular flexibility index (Phi) is 6.05. The van der Waals surface area contributed by atoms with Crippen LogP contribution < -0.4 is 10.4 Å². The molecule has 0 radical (unpaired) electrons. The number of carbonyl (C=O) groups is 1. The van der Waals surface area contributed by atoms with Crippen molar-refractivity contribution in [3.05, 3.63) is 41.4 Å². The third-order valence-electron chi connectivity index (χ3n) is 4.24. The average molecular weight is 491 g/mol. The molecule has 31 heavy (non-hydrogen) atoms. The van der Waals surface area contributed by atoms with Gasteiger partial charge in [-0.25, -0.2) is 10.4 Å². The van der Waals surface area contributed by atoms with Crippen molar-refractivity contribution in [1.29, 1.82) is 0 Å². The van der Waals surface area contributed by atoms with E-state index in [-0.39, 0.29) is 10.7 Å². The molecule has 0 aliphatic carbocycles. The first-order valence-corrected chi connectivity index (χ1v) is 11.6. The van der Waals surface area contributed by atoms with Crippen molar-refractivity contribution >= 4 is 49.1 Å². The number of hydrazine groups is 1. The number of hydrogen-bond acceptors (Lipinski definition) is 9. The van der Waals surface area contributed by atoms with E-state index in [1.807, 2.05) is 0 Å². The molecule has 2 atom stereocenters. The van der Waals surface area contributed by atoms with Gasteiger partial charge in [-0.15, -0.1) is 0 Å². The summed E-state index contributed by atoms with van der Waals surface area (Å²) in [5, 5.41) is 18.4. The minimum atomic E-state index is -4.79. The van der Waals surface area contributed by atoms with Crippen molar-refractivity contribution < 1.29 is 35.8 Å². The number of aromatic hydroxyl groups is 1. The molecule has 15 heteroatoms. The van der Waals surface area contributed by atoms with Gasteiger partial charge < -0.3 is 5.11 Å². The summed E-state index contributed by atoms with van der Waals surface area (Å²) in [4.78, 5) is 11.5. The van der Waals surface area contributed by atoms with Crippen LogP contribution in [0.5, 0.6) is 5.75 Å². The van der Waals surface area contributed by atoms with E-state index < -0.39 is 59.5 Å². The summed E-state index contributed by atoms with van der Waals surface area (Å²) >= 11 is 5.79. The predicted octanol–water partition coefficient (Wildman–Crippen LogP) is 1.93. The summed E-state index contributed by atoms with van der Waals surface area (Å²) in [5.74, 6) is -1.54. The summed E-state index contributed by atoms with van der Waals surface area (Å²) in [6.07, 6.45) is 0. The van der Waals surface area contributed by atoms with Crippen molar-refractivity contribution in [1.82, 2.24) is 5.43 Å². The Labute approximate surface area is 181 Å². The van der Waals surface area contributed by atoms with Crippen LogP contribution >= 0.6 is 11.6 Å². The maximum Gasteiger partial charge on any atom is 0.298 e. The number of benzene rings is 2. The molecule has 2 aromatic rings. The highest BCUT2D eigenvalue weighted by atomic mass is 35.5. The molecule has 1 saturated heterocycles. The zero-order valence-corrected chi connectivity index (χ0v) is 17.9. The molecule has 1 heterocycles. The quantitative estimate of drug-likeness (QED) is 0.358. The molecular weight excluding hydrogens is 476 g/mol. The van der Waals surface area contributed by atoms with E-state index in [9.17, 15) is 35.8 Å². The highest BCUT2D eigenvalue weighted by Gasteiger charge is 2.39. The molecule has 0 spiro atoms. The SMILES string of the molecule is CC1NN(c2cccc(S(=O)(=O)O)c2)C(=O)C1N=Nc1cc(Cl)cc(S(=O)(=O)O)c1O. The zero-order chi connectivity index (χ0) is 23.1. The minimum Gasteiger partial charge on any atom is -0.504 e. The van der Waals surface area contributed by atoms with Crippen molar-refractivity contribution in [3.8, 4) is 5.75 Å². The van der Waals surface area contributed by atoms with Gasteiger partial charge in [-0.2, -0.15) is 27.1 Å². The monoisotopic (exact) mass is 490 g/mol. The second kappa shape index (κ2) is 8.14. The molecular formula is C16H15ClN4O8S2. The first-order chi connectivity index (χ1) is 14.3. The number of phenols is 1. The van der Waals surface area contributed by atoms with Crippen molar-refractivity contribution in [2.24, 2.45) is 10.2 Å². The number of amides is 1. The van der Waals surface area contributed by atoms with E-state index in [1.54, 1.807) is 6.92 Å². The first kappa shape index (κ1) is 23.1. The molecule has 2 aromatic carbocycles. The Bertz CT molecular complexity index is 1300. The van der Waals surface area contributed by atoms with Crippen LogP contribution in [0.25, 0.3) is 0 Å². The maximum atomic E-state index is 12.7. The van der Waals surface area contributed by atoms with Crippen LogP contribution in [0, 0.1) is 0 Å². The highest BCUT2D eigenvalue weighted by Crippen LogP contribution is 2.37. The van der Waals surface area contributed by atoms with E-state index in [2.05, 4.69) is 15.7 Å². The third-order valence-corrected chi connectivity index (χ3v) is 6.18. The second-order valence-corrected chi connectivity index (χ2v) is 9.72. The van der Waals surface area contributed by atoms with E-state index in [4.69, 9.17) is 11.6 Å². The molecule has 1 amide bonds. The number of rotatable bonds is 5. The van der Waals surface area contributed by atoms with Crippen LogP contribution in [0.3, 0.4) is 0 Å². The number of hydrogen-bond donors (Lipinski definition) is 4. The molecule has 0 aromatic heterocycles. The lowest BCUT2D eigenvalue weighted by molar-refractivity contribution is -0.118. The van der Waals surface area contributed by atoms with Gasteiger partial charge in [-0.3, -0.25) is 13.9 Å². The lowest BCUT2D eigenvalue weighted by Crippen LogP contribution is -2.36. The standard InChI is InChI=1S/C16H15ClN4O8S2/c1-8-14(19-18-12-5-9(17)6-13(15(12)22)31(27,28)29)16(23)21(20-8)10-3-2-4-11(7-10)30(24,25)26/h2-8,14,20,22H,1H3,(H,24,25,26)(H,27,28,29). The van der Waals surface area contributed by atoms with Crippen LogP contribution in [-0.2, 0) is 25.0 Å². The van der Waals surface area contributed by atoms with Gasteiger partial charge in [0, 0.05) is 5.02 Å². The number of azo groups is 1. The maximum absolute atomic E-state index is 12.7. The smallest absolute Gasteiger partial charge is 0.298 e. The summed E-state index contributed by atoms with van der Waals surface area (Å²) in [6, 6.07) is 5.11. The van der Waals surface area contributed by atoms with Gasteiger partial charge in [-0.05, 0) is 37.3 Å². The van der Waals surface area contributed by atoms with Gasteiger partial charge in [0.25, 0.3) is 26.1 Å². The van der Waals surface area contributed by atoms with E-state index >= 15 is 0 Å². The second-order valence-electron chi connectivity index (χ2n) is 6.47. The number of phenolic OH excluding ortho intramolecular Hbond substituents is 1. The average Bonchev–Trinajstić information content (AvgIpc) is 2.94. The van der Waals surface area contributed by atoms with Crippen LogP contribution in [0.15, 0.2) is 56.4 Å². The molecule has 166 valence electrons. The number of nitrogens with one attached hydrogen (secondary N) is 1. The fraction of sp³-hybridized carbons (Fsp3) is 0.188. The molecule has 0 bridgehead atoms. The third kappa shape index (κ3) is 4.84. The summed E-state index contributed by atoms with van der Waals surface area (Å²) in [5.41, 5.74) is 2.49. The molecule has 2 unspecified atom stereocenters. The van der Waals surface area contributed by atoms with Gasteiger partial charge in [0.15, 0.2) is 11.8 Å². The summed E-state index contributed by atoms with van der Waals surface area (Å²) in [7, 11) is -9.28. The molecule has 4 N–H and O–H groups in total. The number of nitrogens with zero attached hydrogens (tertiary/aromatic N) is 3. The molecule has 12 nitrogen and oxygen atoms in total. The number of anilines is 1. The molecule has 1 aliphatic rings. The topological polar surface area (TPSA) is 186 Å². The Morgan fingerprint density at radius 1 is 1.10 bits per heavy atom. The molecule has 3 rings (SSSR count).